The molecule has 0 aliphatic heterocycles. The minimum atomic E-state index is -1.99. The molecule has 28 heavy (non-hydrogen) atoms. The van der Waals surface area contributed by atoms with Gasteiger partial charge in [-0.1, -0.05) is 34.6 Å². The summed E-state index contributed by atoms with van der Waals surface area (Å²) in [7, 11) is -1.99. The van der Waals surface area contributed by atoms with E-state index in [1.165, 1.54) is 12.8 Å². The highest BCUT2D eigenvalue weighted by Gasteiger charge is 2.96. The molecule has 0 aromatic rings. The highest BCUT2D eigenvalue weighted by Crippen LogP contribution is 2.94. The third-order valence-electron chi connectivity index (χ3n) is 10.7. The second-order valence-corrected chi connectivity index (χ2v) is 18.1. The Morgan fingerprint density at radius 2 is 1.82 bits per heavy atom. The van der Waals surface area contributed by atoms with E-state index in [0.29, 0.717) is 5.92 Å². The number of aliphatic hydroxyl groups is 1. The van der Waals surface area contributed by atoms with Crippen LogP contribution in [0.15, 0.2) is 0 Å². The van der Waals surface area contributed by atoms with Gasteiger partial charge in [-0.3, -0.25) is 4.79 Å². The number of hydrogen-bond acceptors (Lipinski definition) is 3. The molecule has 0 aromatic heterocycles. The lowest BCUT2D eigenvalue weighted by Crippen LogP contribution is -2.61. The topological polar surface area (TPSA) is 46.5 Å². The molecular formula is C24H40O3Si. The normalized spacial score (nSPS) is 51.5. The summed E-state index contributed by atoms with van der Waals surface area (Å²) in [6.07, 6.45) is 7.01. The molecule has 6 fully saturated rings. The van der Waals surface area contributed by atoms with E-state index in [2.05, 4.69) is 47.7 Å². The summed E-state index contributed by atoms with van der Waals surface area (Å²) in [6.45, 7) is 16.3. The molecular weight excluding hydrogens is 364 g/mol. The summed E-state index contributed by atoms with van der Waals surface area (Å²) in [5.74, 6) is 1.48. The van der Waals surface area contributed by atoms with Crippen molar-refractivity contribution in [2.24, 2.45) is 33.5 Å². The molecule has 0 aromatic carbocycles. The van der Waals surface area contributed by atoms with Gasteiger partial charge in [0, 0.05) is 10.8 Å². The van der Waals surface area contributed by atoms with Crippen LogP contribution in [0.3, 0.4) is 0 Å². The van der Waals surface area contributed by atoms with Crippen LogP contribution in [-0.2, 0) is 9.22 Å². The Morgan fingerprint density at radius 3 is 2.46 bits per heavy atom. The molecule has 0 unspecified atom stereocenters. The Hall–Kier alpha value is -0.193. The van der Waals surface area contributed by atoms with Crippen molar-refractivity contribution in [2.45, 2.75) is 110 Å². The summed E-state index contributed by atoms with van der Waals surface area (Å²) < 4.78 is 7.12. The Labute approximate surface area is 172 Å². The van der Waals surface area contributed by atoms with E-state index < -0.39 is 14.4 Å². The van der Waals surface area contributed by atoms with E-state index >= 15 is 0 Å². The third-order valence-corrected chi connectivity index (χ3v) is 15.2. The number of ketones is 1. The maximum absolute atomic E-state index is 13.6. The molecule has 3 nitrogen and oxygen atoms in total. The second kappa shape index (κ2) is 5.16. The van der Waals surface area contributed by atoms with Crippen LogP contribution in [0.2, 0.25) is 18.1 Å². The van der Waals surface area contributed by atoms with Crippen molar-refractivity contribution in [1.82, 2.24) is 0 Å². The van der Waals surface area contributed by atoms with Crippen molar-refractivity contribution < 1.29 is 14.3 Å². The molecule has 4 bridgehead atoms. The van der Waals surface area contributed by atoms with Gasteiger partial charge in [0.1, 0.15) is 6.10 Å². The van der Waals surface area contributed by atoms with Crippen molar-refractivity contribution in [3.63, 3.8) is 0 Å². The van der Waals surface area contributed by atoms with E-state index in [4.69, 9.17) is 4.43 Å². The van der Waals surface area contributed by atoms with Gasteiger partial charge in [-0.25, -0.2) is 0 Å². The van der Waals surface area contributed by atoms with Crippen molar-refractivity contribution in [1.29, 1.82) is 0 Å². The molecule has 1 N–H and O–H groups in total. The molecule has 0 saturated heterocycles. The maximum atomic E-state index is 13.6. The van der Waals surface area contributed by atoms with Gasteiger partial charge in [-0.05, 0) is 85.7 Å². The first-order chi connectivity index (χ1) is 12.8. The minimum absolute atomic E-state index is 0.0377. The third kappa shape index (κ3) is 1.93. The summed E-state index contributed by atoms with van der Waals surface area (Å²) >= 11 is 0. The molecule has 6 saturated carbocycles. The number of rotatable bonds is 2. The van der Waals surface area contributed by atoms with Gasteiger partial charge in [0.25, 0.3) is 0 Å². The van der Waals surface area contributed by atoms with Crippen LogP contribution >= 0.6 is 0 Å². The molecule has 4 heteroatoms. The van der Waals surface area contributed by atoms with Crippen LogP contribution in [0.4, 0.5) is 0 Å². The fourth-order valence-electron chi connectivity index (χ4n) is 8.71. The second-order valence-electron chi connectivity index (χ2n) is 13.4. The Bertz CT molecular complexity index is 737. The Balaban J connectivity index is 1.63. The van der Waals surface area contributed by atoms with Gasteiger partial charge < -0.3 is 9.53 Å². The van der Waals surface area contributed by atoms with Crippen molar-refractivity contribution >= 4 is 14.1 Å². The zero-order chi connectivity index (χ0) is 20.5. The smallest absolute Gasteiger partial charge is 0.192 e. The number of hydrogen-bond donors (Lipinski definition) is 1. The zero-order valence-electron chi connectivity index (χ0n) is 19.0. The molecule has 158 valence electrons. The molecule has 6 aliphatic carbocycles. The van der Waals surface area contributed by atoms with E-state index in [9.17, 15) is 9.90 Å². The minimum Gasteiger partial charge on any atom is -0.413 e. The van der Waals surface area contributed by atoms with Crippen LogP contribution in [0.1, 0.15) is 79.6 Å². The van der Waals surface area contributed by atoms with Gasteiger partial charge in [-0.15, -0.1) is 0 Å². The van der Waals surface area contributed by atoms with E-state index in [0.717, 1.165) is 38.0 Å². The standard InChI is InChI=1S/C24H40O3Si/c1-20(2,3)28(6,7)27-17-9-10-21(4,5)14-23(17)19(26)18(25)22-13-15-8-11-24(22,23)16(22)12-15/h15-17,19,26H,8-14H2,1-7H3/t15-,16+,17-,19+,22-,23-,24-/m0/s1. The quantitative estimate of drug-likeness (QED) is 0.633. The maximum Gasteiger partial charge on any atom is 0.192 e. The monoisotopic (exact) mass is 404 g/mol. The lowest BCUT2D eigenvalue weighted by Gasteiger charge is -2.58. The van der Waals surface area contributed by atoms with Gasteiger partial charge in [0.2, 0.25) is 0 Å². The van der Waals surface area contributed by atoms with E-state index in [-0.39, 0.29) is 38.6 Å². The number of aliphatic hydroxyl groups excluding tert-OH is 1. The molecule has 7 atom stereocenters. The highest BCUT2D eigenvalue weighted by molar-refractivity contribution is 6.74. The van der Waals surface area contributed by atoms with E-state index in [1.807, 2.05) is 0 Å². The summed E-state index contributed by atoms with van der Waals surface area (Å²) in [5.41, 5.74) is -0.326. The predicted octanol–water partition coefficient (Wildman–Crippen LogP) is 5.32. The van der Waals surface area contributed by atoms with Crippen LogP contribution in [0, 0.1) is 33.5 Å². The van der Waals surface area contributed by atoms with Gasteiger partial charge >= 0.3 is 0 Å². The van der Waals surface area contributed by atoms with E-state index in [1.54, 1.807) is 0 Å². The van der Waals surface area contributed by atoms with Crippen LogP contribution in [0.25, 0.3) is 0 Å². The van der Waals surface area contributed by atoms with Crippen LogP contribution < -0.4 is 0 Å². The lowest BCUT2D eigenvalue weighted by molar-refractivity contribution is -0.164. The fourth-order valence-corrected chi connectivity index (χ4v) is 10.1. The molecule has 6 aliphatic rings. The van der Waals surface area contributed by atoms with Crippen molar-refractivity contribution in [2.75, 3.05) is 0 Å². The summed E-state index contributed by atoms with van der Waals surface area (Å²) in [4.78, 5) is 13.6. The lowest BCUT2D eigenvalue weighted by atomic mass is 9.51. The molecule has 0 radical (unpaired) electrons. The first-order valence-electron chi connectivity index (χ1n) is 11.7. The molecule has 0 amide bonds. The Morgan fingerprint density at radius 1 is 1.14 bits per heavy atom. The van der Waals surface area contributed by atoms with Crippen molar-refractivity contribution in [3.8, 4) is 0 Å². The number of carbonyl (C=O) groups is 1. The van der Waals surface area contributed by atoms with Crippen LogP contribution in [0.5, 0.6) is 0 Å². The van der Waals surface area contributed by atoms with Crippen molar-refractivity contribution in [3.05, 3.63) is 0 Å². The molecule has 6 rings (SSSR count). The van der Waals surface area contributed by atoms with Crippen LogP contribution in [-0.4, -0.2) is 31.4 Å². The fraction of sp³-hybridized carbons (Fsp3) is 0.958. The molecule has 0 heterocycles. The first-order valence-corrected chi connectivity index (χ1v) is 14.6. The number of Topliss-reactive ketones (excluding diaryl/α,β-unsaturated/α-hetero) is 1. The number of carbonyl (C=O) groups excluding carboxylic acids is 1. The van der Waals surface area contributed by atoms with Gasteiger partial charge in [-0.2, -0.15) is 0 Å². The first kappa shape index (κ1) is 19.8. The summed E-state index contributed by atoms with van der Waals surface area (Å²) in [5, 5.41) is 11.8. The van der Waals surface area contributed by atoms with Gasteiger partial charge in [0.05, 0.1) is 6.10 Å². The largest absolute Gasteiger partial charge is 0.413 e. The summed E-state index contributed by atoms with van der Waals surface area (Å²) in [6, 6.07) is 0. The number of fused-ring (bicyclic) bond motifs is 1. The zero-order valence-corrected chi connectivity index (χ0v) is 20.0. The SMILES string of the molecule is CC1(C)CC[C@H](O[Si](C)(C)C(C)(C)C)[C@@]2(C1)[C@H](O)C(=O)[C@@]13C[C@H]4CC[C@@]21[C@@H]3C4. The van der Waals surface area contributed by atoms with Gasteiger partial charge in [0.15, 0.2) is 14.1 Å². The average Bonchev–Trinajstić information content (AvgIpc) is 2.95. The molecule has 3 spiro atoms. The Kier molecular flexibility index (Phi) is 3.64. The predicted molar refractivity (Wildman–Crippen MR) is 113 cm³/mol. The average molecular weight is 405 g/mol. The highest BCUT2D eigenvalue weighted by atomic mass is 28.4.